The molecule has 0 saturated carbocycles. The van der Waals surface area contributed by atoms with Gasteiger partial charge in [-0.1, -0.05) is 20.8 Å². The van der Waals surface area contributed by atoms with Gasteiger partial charge in [0, 0.05) is 10.8 Å². The van der Waals surface area contributed by atoms with Gasteiger partial charge in [0.25, 0.3) is 0 Å². The van der Waals surface area contributed by atoms with Gasteiger partial charge in [-0.2, -0.15) is 0 Å². The Kier molecular flexibility index (Phi) is 6.71. The lowest BCUT2D eigenvalue weighted by atomic mass is 10.0. The molecule has 0 saturated heterocycles. The van der Waals surface area contributed by atoms with Crippen molar-refractivity contribution in [3.63, 3.8) is 0 Å². The van der Waals surface area contributed by atoms with E-state index in [0.717, 1.165) is 24.1 Å². The molecule has 0 bridgehead atoms. The molecule has 1 N–H and O–H groups in total. The average Bonchev–Trinajstić information content (AvgIpc) is 2.83. The second-order valence-electron chi connectivity index (χ2n) is 4.53. The number of nitrogens with one attached hydrogen (secondary N) is 1. The molecule has 1 heterocycles. The molecule has 0 radical (unpaired) electrons. The first-order chi connectivity index (χ1) is 9.57. The third-order valence-corrected chi connectivity index (χ3v) is 4.41. The summed E-state index contributed by atoms with van der Waals surface area (Å²) in [5, 5.41) is 3.49. The number of anilines is 1. The molecule has 0 aliphatic heterocycles. The van der Waals surface area contributed by atoms with Crippen LogP contribution >= 0.6 is 11.3 Å². The van der Waals surface area contributed by atoms with Crippen molar-refractivity contribution < 1.29 is 14.3 Å². The van der Waals surface area contributed by atoms with Crippen LogP contribution in [0.5, 0.6) is 0 Å². The standard InChI is InChI=1S/C15H23NO3S/c1-5-10(6-2)13(17)16-14-12(15(18)19-8-4)9-11(7-3)20-14/h9-10H,5-8H2,1-4H3,(H,16,17). The summed E-state index contributed by atoms with van der Waals surface area (Å²) >= 11 is 1.45. The molecule has 0 aliphatic rings. The maximum atomic E-state index is 12.1. The summed E-state index contributed by atoms with van der Waals surface area (Å²) in [7, 11) is 0. The summed E-state index contributed by atoms with van der Waals surface area (Å²) < 4.78 is 5.04. The van der Waals surface area contributed by atoms with Gasteiger partial charge in [-0.3, -0.25) is 4.79 Å². The van der Waals surface area contributed by atoms with Crippen LogP contribution in [0, 0.1) is 5.92 Å². The molecule has 20 heavy (non-hydrogen) atoms. The van der Waals surface area contributed by atoms with E-state index in [1.54, 1.807) is 6.92 Å². The molecule has 0 fully saturated rings. The maximum Gasteiger partial charge on any atom is 0.341 e. The number of amides is 1. The molecular formula is C15H23NO3S. The largest absolute Gasteiger partial charge is 0.462 e. The number of rotatable bonds is 7. The van der Waals surface area contributed by atoms with E-state index in [0.29, 0.717) is 17.2 Å². The van der Waals surface area contributed by atoms with Gasteiger partial charge >= 0.3 is 5.97 Å². The number of carbonyl (C=O) groups excluding carboxylic acids is 2. The Morgan fingerprint density at radius 1 is 1.25 bits per heavy atom. The lowest BCUT2D eigenvalue weighted by Crippen LogP contribution is -2.22. The molecule has 0 aromatic carbocycles. The monoisotopic (exact) mass is 297 g/mol. The number of hydrogen-bond acceptors (Lipinski definition) is 4. The van der Waals surface area contributed by atoms with Crippen molar-refractivity contribution in [1.82, 2.24) is 0 Å². The van der Waals surface area contributed by atoms with Gasteiger partial charge in [0.2, 0.25) is 5.91 Å². The molecule has 4 nitrogen and oxygen atoms in total. The van der Waals surface area contributed by atoms with Crippen LogP contribution < -0.4 is 5.32 Å². The SMILES string of the molecule is CCOC(=O)c1cc(CC)sc1NC(=O)C(CC)CC. The molecule has 0 unspecified atom stereocenters. The minimum absolute atomic E-state index is 0.0165. The van der Waals surface area contributed by atoms with Crippen molar-refractivity contribution in [2.75, 3.05) is 11.9 Å². The molecule has 1 aromatic rings. The van der Waals surface area contributed by atoms with Crippen LogP contribution in [0.25, 0.3) is 0 Å². The molecule has 1 aromatic heterocycles. The van der Waals surface area contributed by atoms with E-state index in [1.807, 2.05) is 26.8 Å². The van der Waals surface area contributed by atoms with E-state index in [4.69, 9.17) is 4.74 Å². The quantitative estimate of drug-likeness (QED) is 0.777. The van der Waals surface area contributed by atoms with Gasteiger partial charge in [0.15, 0.2) is 0 Å². The van der Waals surface area contributed by atoms with Crippen LogP contribution in [0.3, 0.4) is 0 Å². The van der Waals surface area contributed by atoms with E-state index >= 15 is 0 Å². The van der Waals surface area contributed by atoms with Gasteiger partial charge < -0.3 is 10.1 Å². The number of hydrogen-bond donors (Lipinski definition) is 1. The predicted molar refractivity (Wildman–Crippen MR) is 82.4 cm³/mol. The van der Waals surface area contributed by atoms with E-state index in [9.17, 15) is 9.59 Å². The highest BCUT2D eigenvalue weighted by molar-refractivity contribution is 7.16. The van der Waals surface area contributed by atoms with Gasteiger partial charge in [-0.05, 0) is 32.3 Å². The van der Waals surface area contributed by atoms with Crippen LogP contribution in [0.4, 0.5) is 5.00 Å². The molecule has 1 amide bonds. The number of carbonyl (C=O) groups is 2. The van der Waals surface area contributed by atoms with Gasteiger partial charge in [-0.15, -0.1) is 11.3 Å². The average molecular weight is 297 g/mol. The second-order valence-corrected chi connectivity index (χ2v) is 5.67. The summed E-state index contributed by atoms with van der Waals surface area (Å²) in [6.45, 7) is 8.11. The first-order valence-corrected chi connectivity index (χ1v) is 7.99. The lowest BCUT2D eigenvalue weighted by molar-refractivity contribution is -0.120. The Morgan fingerprint density at radius 2 is 1.90 bits per heavy atom. The minimum atomic E-state index is -0.372. The zero-order valence-corrected chi connectivity index (χ0v) is 13.4. The molecule has 0 aliphatic carbocycles. The van der Waals surface area contributed by atoms with E-state index in [1.165, 1.54) is 11.3 Å². The number of thiophene rings is 1. The first kappa shape index (κ1) is 16.7. The predicted octanol–water partition coefficient (Wildman–Crippen LogP) is 3.86. The summed E-state index contributed by atoms with van der Waals surface area (Å²) in [5.41, 5.74) is 0.466. The van der Waals surface area contributed by atoms with Gasteiger partial charge in [-0.25, -0.2) is 4.79 Å². The van der Waals surface area contributed by atoms with Crippen molar-refractivity contribution in [1.29, 1.82) is 0 Å². The zero-order valence-electron chi connectivity index (χ0n) is 12.6. The van der Waals surface area contributed by atoms with Gasteiger partial charge in [0.05, 0.1) is 12.2 Å². The highest BCUT2D eigenvalue weighted by atomic mass is 32.1. The van der Waals surface area contributed by atoms with Crippen molar-refractivity contribution in [3.8, 4) is 0 Å². The third kappa shape index (κ3) is 4.07. The molecular weight excluding hydrogens is 274 g/mol. The topological polar surface area (TPSA) is 55.4 Å². The normalized spacial score (nSPS) is 10.7. The fraction of sp³-hybridized carbons (Fsp3) is 0.600. The fourth-order valence-electron chi connectivity index (χ4n) is 1.94. The van der Waals surface area contributed by atoms with Crippen LogP contribution in [-0.2, 0) is 16.0 Å². The highest BCUT2D eigenvalue weighted by Crippen LogP contribution is 2.30. The van der Waals surface area contributed by atoms with Crippen molar-refractivity contribution in [2.45, 2.75) is 47.0 Å². The number of esters is 1. The summed E-state index contributed by atoms with van der Waals surface area (Å²) in [6.07, 6.45) is 2.42. The number of aryl methyl sites for hydroxylation is 1. The minimum Gasteiger partial charge on any atom is -0.462 e. The highest BCUT2D eigenvalue weighted by Gasteiger charge is 2.21. The van der Waals surface area contributed by atoms with Crippen LogP contribution in [0.2, 0.25) is 0 Å². The Hall–Kier alpha value is -1.36. The second kappa shape index (κ2) is 8.04. The van der Waals surface area contributed by atoms with Crippen molar-refractivity contribution >= 4 is 28.2 Å². The molecule has 0 atom stereocenters. The van der Waals surface area contributed by atoms with Crippen molar-refractivity contribution in [2.24, 2.45) is 5.92 Å². The fourth-order valence-corrected chi connectivity index (χ4v) is 2.93. The first-order valence-electron chi connectivity index (χ1n) is 7.17. The Morgan fingerprint density at radius 3 is 2.40 bits per heavy atom. The van der Waals surface area contributed by atoms with E-state index in [2.05, 4.69) is 5.32 Å². The molecule has 112 valence electrons. The smallest absolute Gasteiger partial charge is 0.341 e. The molecule has 5 heteroatoms. The van der Waals surface area contributed by atoms with E-state index < -0.39 is 0 Å². The summed E-state index contributed by atoms with van der Waals surface area (Å²) in [4.78, 5) is 25.1. The third-order valence-electron chi connectivity index (χ3n) is 3.22. The van der Waals surface area contributed by atoms with E-state index in [-0.39, 0.29) is 17.8 Å². The van der Waals surface area contributed by atoms with Crippen molar-refractivity contribution in [3.05, 3.63) is 16.5 Å². The lowest BCUT2D eigenvalue weighted by Gasteiger charge is -2.12. The van der Waals surface area contributed by atoms with Crippen LogP contribution in [-0.4, -0.2) is 18.5 Å². The summed E-state index contributed by atoms with van der Waals surface area (Å²) in [5.74, 6) is -0.412. The Balaban J connectivity index is 2.95. The number of ether oxygens (including phenoxy) is 1. The molecule has 1 rings (SSSR count). The zero-order chi connectivity index (χ0) is 15.1. The van der Waals surface area contributed by atoms with Gasteiger partial charge in [0.1, 0.15) is 5.00 Å². The Labute approximate surface area is 124 Å². The van der Waals surface area contributed by atoms with Crippen LogP contribution in [0.15, 0.2) is 6.07 Å². The Bertz CT molecular complexity index is 464. The van der Waals surface area contributed by atoms with Crippen LogP contribution in [0.1, 0.15) is 55.8 Å². The molecule has 0 spiro atoms. The summed E-state index contributed by atoms with van der Waals surface area (Å²) in [6, 6.07) is 1.81. The maximum absolute atomic E-state index is 12.1.